The van der Waals surface area contributed by atoms with Gasteiger partial charge in [0.15, 0.2) is 0 Å². The van der Waals surface area contributed by atoms with E-state index in [0.717, 1.165) is 43.1 Å². The third-order valence-electron chi connectivity index (χ3n) is 4.91. The zero-order chi connectivity index (χ0) is 19.2. The van der Waals surface area contributed by atoms with Crippen molar-refractivity contribution in [2.75, 3.05) is 18.4 Å². The minimum Gasteiger partial charge on any atom is -0.457 e. The molecule has 144 valence electrons. The van der Waals surface area contributed by atoms with Crippen LogP contribution in [0.4, 0.5) is 5.95 Å². The Hall–Kier alpha value is -2.92. The number of aromatic nitrogens is 2. The number of nitrogens with zero attached hydrogens (tertiary/aromatic N) is 3. The quantitative estimate of drug-likeness (QED) is 0.652. The standard InChI is InChI=1S/C23H26N4O/c1-2-13-27-14-12-22-19(17-27)16-25-23(26-22)24-15-18-8-10-21(11-9-18)28-20-6-4-3-5-7-20/h3-11,16H,2,12-15,17H2,1H3,(H,24,25,26). The molecule has 1 N–H and O–H groups in total. The highest BCUT2D eigenvalue weighted by molar-refractivity contribution is 5.36. The minimum absolute atomic E-state index is 0.687. The molecule has 0 saturated heterocycles. The van der Waals surface area contributed by atoms with Gasteiger partial charge in [0.1, 0.15) is 11.5 Å². The maximum Gasteiger partial charge on any atom is 0.223 e. The second kappa shape index (κ2) is 8.85. The molecule has 0 amide bonds. The molecular weight excluding hydrogens is 348 g/mol. The van der Waals surface area contributed by atoms with Crippen LogP contribution in [0.1, 0.15) is 30.2 Å². The first kappa shape index (κ1) is 18.4. The highest BCUT2D eigenvalue weighted by atomic mass is 16.5. The van der Waals surface area contributed by atoms with Crippen LogP contribution in [0.2, 0.25) is 0 Å². The van der Waals surface area contributed by atoms with Gasteiger partial charge in [0.05, 0.1) is 5.69 Å². The first-order valence-corrected chi connectivity index (χ1v) is 9.93. The maximum absolute atomic E-state index is 5.84. The van der Waals surface area contributed by atoms with Crippen LogP contribution >= 0.6 is 0 Å². The number of ether oxygens (including phenoxy) is 1. The third-order valence-corrected chi connectivity index (χ3v) is 4.91. The van der Waals surface area contributed by atoms with E-state index in [4.69, 9.17) is 9.72 Å². The molecule has 28 heavy (non-hydrogen) atoms. The summed E-state index contributed by atoms with van der Waals surface area (Å²) < 4.78 is 5.84. The van der Waals surface area contributed by atoms with Crippen molar-refractivity contribution in [3.8, 4) is 11.5 Å². The van der Waals surface area contributed by atoms with E-state index in [1.807, 2.05) is 48.7 Å². The number of fused-ring (bicyclic) bond motifs is 1. The van der Waals surface area contributed by atoms with Crippen molar-refractivity contribution < 1.29 is 4.74 Å². The molecule has 5 heteroatoms. The molecule has 5 nitrogen and oxygen atoms in total. The molecule has 0 spiro atoms. The number of anilines is 1. The molecule has 1 aromatic heterocycles. The molecule has 0 radical (unpaired) electrons. The van der Waals surface area contributed by atoms with Gasteiger partial charge in [0, 0.05) is 37.8 Å². The molecule has 2 aromatic carbocycles. The van der Waals surface area contributed by atoms with Crippen molar-refractivity contribution in [1.29, 1.82) is 0 Å². The smallest absolute Gasteiger partial charge is 0.223 e. The fourth-order valence-corrected chi connectivity index (χ4v) is 3.45. The molecule has 0 bridgehead atoms. The predicted octanol–water partition coefficient (Wildman–Crippen LogP) is 4.65. The Labute approximate surface area is 166 Å². The van der Waals surface area contributed by atoms with Crippen LogP contribution < -0.4 is 10.1 Å². The summed E-state index contributed by atoms with van der Waals surface area (Å²) >= 11 is 0. The Morgan fingerprint density at radius 2 is 1.82 bits per heavy atom. The van der Waals surface area contributed by atoms with Crippen LogP contribution in [-0.4, -0.2) is 28.0 Å². The molecule has 3 aromatic rings. The molecule has 0 unspecified atom stereocenters. The van der Waals surface area contributed by atoms with E-state index in [2.05, 4.69) is 34.3 Å². The molecule has 2 heterocycles. The van der Waals surface area contributed by atoms with Crippen LogP contribution in [0.25, 0.3) is 0 Å². The highest BCUT2D eigenvalue weighted by Gasteiger charge is 2.17. The second-order valence-electron chi connectivity index (χ2n) is 7.10. The zero-order valence-corrected chi connectivity index (χ0v) is 16.3. The number of benzene rings is 2. The van der Waals surface area contributed by atoms with Crippen LogP contribution in [0.3, 0.4) is 0 Å². The predicted molar refractivity (Wildman–Crippen MR) is 112 cm³/mol. The molecule has 0 aliphatic carbocycles. The Morgan fingerprint density at radius 3 is 2.61 bits per heavy atom. The molecule has 1 aliphatic rings. The van der Waals surface area contributed by atoms with Crippen molar-refractivity contribution in [2.45, 2.75) is 32.9 Å². The second-order valence-corrected chi connectivity index (χ2v) is 7.10. The molecule has 0 atom stereocenters. The Balaban J connectivity index is 1.33. The molecule has 4 rings (SSSR count). The third kappa shape index (κ3) is 4.67. The molecule has 0 fully saturated rings. The number of rotatable bonds is 7. The number of nitrogens with one attached hydrogen (secondary N) is 1. The van der Waals surface area contributed by atoms with Gasteiger partial charge in [-0.2, -0.15) is 0 Å². The van der Waals surface area contributed by atoms with Crippen LogP contribution in [-0.2, 0) is 19.5 Å². The van der Waals surface area contributed by atoms with Crippen molar-refractivity contribution >= 4 is 5.95 Å². The normalized spacial score (nSPS) is 13.8. The lowest BCUT2D eigenvalue weighted by Crippen LogP contribution is -2.32. The van der Waals surface area contributed by atoms with E-state index in [1.165, 1.54) is 17.7 Å². The van der Waals surface area contributed by atoms with E-state index in [0.29, 0.717) is 12.5 Å². The van der Waals surface area contributed by atoms with Crippen molar-refractivity contribution in [3.05, 3.63) is 77.6 Å². The molecular formula is C23H26N4O. The molecule has 0 saturated carbocycles. The summed E-state index contributed by atoms with van der Waals surface area (Å²) in [6.07, 6.45) is 4.16. The summed E-state index contributed by atoms with van der Waals surface area (Å²) in [5, 5.41) is 3.34. The summed E-state index contributed by atoms with van der Waals surface area (Å²) in [4.78, 5) is 11.7. The van der Waals surface area contributed by atoms with Gasteiger partial charge in [-0.05, 0) is 42.8 Å². The summed E-state index contributed by atoms with van der Waals surface area (Å²) in [5.74, 6) is 2.37. The number of hydrogen-bond acceptors (Lipinski definition) is 5. The van der Waals surface area contributed by atoms with Gasteiger partial charge in [-0.25, -0.2) is 9.97 Å². The zero-order valence-electron chi connectivity index (χ0n) is 16.3. The Bertz CT molecular complexity index is 896. The first-order chi connectivity index (χ1) is 13.8. The lowest BCUT2D eigenvalue weighted by molar-refractivity contribution is 0.252. The largest absolute Gasteiger partial charge is 0.457 e. The Kier molecular flexibility index (Phi) is 5.83. The lowest BCUT2D eigenvalue weighted by atomic mass is 10.1. The summed E-state index contributed by atoms with van der Waals surface area (Å²) in [5.41, 5.74) is 3.60. The van der Waals surface area contributed by atoms with Crippen LogP contribution in [0, 0.1) is 0 Å². The van der Waals surface area contributed by atoms with Crippen LogP contribution in [0.5, 0.6) is 11.5 Å². The van der Waals surface area contributed by atoms with Gasteiger partial charge in [0.25, 0.3) is 0 Å². The number of hydrogen-bond donors (Lipinski definition) is 1. The van der Waals surface area contributed by atoms with Gasteiger partial charge in [0.2, 0.25) is 5.95 Å². The fourth-order valence-electron chi connectivity index (χ4n) is 3.45. The topological polar surface area (TPSA) is 50.3 Å². The van der Waals surface area contributed by atoms with Gasteiger partial charge in [-0.15, -0.1) is 0 Å². The number of para-hydroxylation sites is 1. The lowest BCUT2D eigenvalue weighted by Gasteiger charge is -2.27. The van der Waals surface area contributed by atoms with Gasteiger partial charge < -0.3 is 10.1 Å². The fraction of sp³-hybridized carbons (Fsp3) is 0.304. The maximum atomic E-state index is 5.84. The van der Waals surface area contributed by atoms with Gasteiger partial charge in [-0.3, -0.25) is 4.90 Å². The van der Waals surface area contributed by atoms with Crippen molar-refractivity contribution in [3.63, 3.8) is 0 Å². The average molecular weight is 374 g/mol. The molecule has 1 aliphatic heterocycles. The Morgan fingerprint density at radius 1 is 1.04 bits per heavy atom. The van der Waals surface area contributed by atoms with E-state index in [9.17, 15) is 0 Å². The first-order valence-electron chi connectivity index (χ1n) is 9.93. The van der Waals surface area contributed by atoms with E-state index in [-0.39, 0.29) is 0 Å². The SMILES string of the molecule is CCCN1CCc2nc(NCc3ccc(Oc4ccccc4)cc3)ncc2C1. The van der Waals surface area contributed by atoms with Crippen LogP contribution in [0.15, 0.2) is 60.8 Å². The van der Waals surface area contributed by atoms with E-state index in [1.54, 1.807) is 0 Å². The van der Waals surface area contributed by atoms with Gasteiger partial charge in [-0.1, -0.05) is 37.3 Å². The van der Waals surface area contributed by atoms with E-state index >= 15 is 0 Å². The van der Waals surface area contributed by atoms with Crippen molar-refractivity contribution in [2.24, 2.45) is 0 Å². The summed E-state index contributed by atoms with van der Waals surface area (Å²) in [6.45, 7) is 6.10. The minimum atomic E-state index is 0.687. The summed E-state index contributed by atoms with van der Waals surface area (Å²) in [7, 11) is 0. The highest BCUT2D eigenvalue weighted by Crippen LogP contribution is 2.22. The average Bonchev–Trinajstić information content (AvgIpc) is 2.74. The van der Waals surface area contributed by atoms with Crippen molar-refractivity contribution in [1.82, 2.24) is 14.9 Å². The van der Waals surface area contributed by atoms with E-state index < -0.39 is 0 Å². The monoisotopic (exact) mass is 374 g/mol. The summed E-state index contributed by atoms with van der Waals surface area (Å²) in [6, 6.07) is 17.9. The van der Waals surface area contributed by atoms with Gasteiger partial charge >= 0.3 is 0 Å².